The number of anilines is 1. The van der Waals surface area contributed by atoms with E-state index in [9.17, 15) is 0 Å². The highest BCUT2D eigenvalue weighted by Crippen LogP contribution is 2.15. The third-order valence-corrected chi connectivity index (χ3v) is 2.96. The first-order valence-corrected chi connectivity index (χ1v) is 6.31. The van der Waals surface area contributed by atoms with E-state index in [2.05, 4.69) is 20.4 Å². The van der Waals surface area contributed by atoms with Crippen molar-refractivity contribution in [1.29, 1.82) is 0 Å². The van der Waals surface area contributed by atoms with Crippen LogP contribution in [0, 0.1) is 6.92 Å². The number of hydrogen-bond donors (Lipinski definition) is 1. The summed E-state index contributed by atoms with van der Waals surface area (Å²) in [4.78, 5) is 8.56. The van der Waals surface area contributed by atoms with Gasteiger partial charge in [-0.3, -0.25) is 0 Å². The molecule has 102 valence electrons. The highest BCUT2D eigenvalue weighted by atomic mass is 16.5. The Morgan fingerprint density at radius 2 is 2.20 bits per heavy atom. The lowest BCUT2D eigenvalue weighted by Crippen LogP contribution is -2.04. The third kappa shape index (κ3) is 2.40. The Kier molecular flexibility index (Phi) is 3.20. The van der Waals surface area contributed by atoms with Gasteiger partial charge in [0.05, 0.1) is 7.11 Å². The second kappa shape index (κ2) is 5.16. The Balaban J connectivity index is 1.79. The van der Waals surface area contributed by atoms with E-state index in [1.54, 1.807) is 17.8 Å². The molecule has 0 aliphatic carbocycles. The van der Waals surface area contributed by atoms with Gasteiger partial charge in [0.25, 0.3) is 0 Å². The number of fused-ring (bicyclic) bond motifs is 1. The first kappa shape index (κ1) is 12.4. The van der Waals surface area contributed by atoms with E-state index < -0.39 is 0 Å². The average Bonchev–Trinajstić information content (AvgIpc) is 2.87. The van der Waals surface area contributed by atoms with Crippen LogP contribution in [0.15, 0.2) is 36.7 Å². The van der Waals surface area contributed by atoms with Crippen molar-refractivity contribution in [1.82, 2.24) is 19.6 Å². The summed E-state index contributed by atoms with van der Waals surface area (Å²) in [7, 11) is 1.61. The Hall–Kier alpha value is -2.63. The number of hydrogen-bond acceptors (Lipinski definition) is 5. The minimum atomic E-state index is 0.562. The predicted molar refractivity (Wildman–Crippen MR) is 75.8 cm³/mol. The van der Waals surface area contributed by atoms with Crippen molar-refractivity contribution in [3.05, 3.63) is 47.8 Å². The molecule has 0 bridgehead atoms. The maximum Gasteiger partial charge on any atom is 0.243 e. The maximum absolute atomic E-state index is 5.21. The Bertz CT molecular complexity index is 737. The van der Waals surface area contributed by atoms with Crippen LogP contribution in [-0.2, 0) is 6.54 Å². The van der Waals surface area contributed by atoms with Crippen molar-refractivity contribution < 1.29 is 4.74 Å². The fourth-order valence-electron chi connectivity index (χ4n) is 1.98. The van der Waals surface area contributed by atoms with Crippen molar-refractivity contribution in [2.45, 2.75) is 13.5 Å². The van der Waals surface area contributed by atoms with Gasteiger partial charge in [-0.05, 0) is 24.6 Å². The van der Waals surface area contributed by atoms with Crippen LogP contribution in [0.25, 0.3) is 5.65 Å². The highest BCUT2D eigenvalue weighted by Gasteiger charge is 2.06. The summed E-state index contributed by atoms with van der Waals surface area (Å²) in [6.45, 7) is 2.58. The molecule has 0 unspecified atom stereocenters. The Morgan fingerprint density at radius 1 is 1.30 bits per heavy atom. The van der Waals surface area contributed by atoms with Crippen molar-refractivity contribution in [3.8, 4) is 5.88 Å². The quantitative estimate of drug-likeness (QED) is 0.785. The normalized spacial score (nSPS) is 10.7. The summed E-state index contributed by atoms with van der Waals surface area (Å²) in [5, 5.41) is 7.56. The van der Waals surface area contributed by atoms with E-state index in [1.165, 1.54) is 0 Å². The first-order chi connectivity index (χ1) is 9.76. The maximum atomic E-state index is 5.21. The topological polar surface area (TPSA) is 64.3 Å². The Labute approximate surface area is 116 Å². The standard InChI is InChI=1S/C14H15N5O/c1-10-5-6-12-17-14(18-19(12)9-10)16-8-11-4-3-7-15-13(11)20-2/h3-7,9H,8H2,1-2H3,(H,16,18). The average molecular weight is 269 g/mol. The lowest BCUT2D eigenvalue weighted by molar-refractivity contribution is 0.393. The van der Waals surface area contributed by atoms with Crippen LogP contribution in [0.5, 0.6) is 5.88 Å². The number of rotatable bonds is 4. The summed E-state index contributed by atoms with van der Waals surface area (Å²) in [5.74, 6) is 1.20. The van der Waals surface area contributed by atoms with Crippen LogP contribution < -0.4 is 10.1 Å². The first-order valence-electron chi connectivity index (χ1n) is 6.31. The molecule has 3 aromatic rings. The van der Waals surface area contributed by atoms with Gasteiger partial charge in [0, 0.05) is 24.5 Å². The van der Waals surface area contributed by atoms with Crippen LogP contribution >= 0.6 is 0 Å². The monoisotopic (exact) mass is 269 g/mol. The van der Waals surface area contributed by atoms with Crippen molar-refractivity contribution in [2.75, 3.05) is 12.4 Å². The smallest absolute Gasteiger partial charge is 0.243 e. The van der Waals surface area contributed by atoms with Crippen LogP contribution in [0.3, 0.4) is 0 Å². The number of nitrogens with one attached hydrogen (secondary N) is 1. The van der Waals surface area contributed by atoms with Gasteiger partial charge in [0.1, 0.15) is 0 Å². The summed E-state index contributed by atoms with van der Waals surface area (Å²) >= 11 is 0. The van der Waals surface area contributed by atoms with Gasteiger partial charge >= 0.3 is 0 Å². The van der Waals surface area contributed by atoms with E-state index in [0.29, 0.717) is 18.4 Å². The highest BCUT2D eigenvalue weighted by molar-refractivity contribution is 5.44. The van der Waals surface area contributed by atoms with Crippen LogP contribution in [-0.4, -0.2) is 26.7 Å². The molecule has 6 nitrogen and oxygen atoms in total. The molecule has 20 heavy (non-hydrogen) atoms. The molecular weight excluding hydrogens is 254 g/mol. The summed E-state index contributed by atoms with van der Waals surface area (Å²) in [5.41, 5.74) is 2.92. The van der Waals surface area contributed by atoms with Gasteiger partial charge < -0.3 is 10.1 Å². The molecule has 0 amide bonds. The molecule has 0 aliphatic rings. The molecule has 6 heteroatoms. The zero-order valence-corrected chi connectivity index (χ0v) is 11.4. The molecule has 0 saturated heterocycles. The molecule has 3 heterocycles. The molecule has 1 N–H and O–H groups in total. The molecule has 0 saturated carbocycles. The predicted octanol–water partition coefficient (Wildman–Crippen LogP) is 2.05. The Morgan fingerprint density at radius 3 is 3.05 bits per heavy atom. The van der Waals surface area contributed by atoms with Crippen molar-refractivity contribution in [2.24, 2.45) is 0 Å². The number of aryl methyl sites for hydroxylation is 1. The molecule has 0 atom stereocenters. The zero-order valence-electron chi connectivity index (χ0n) is 11.4. The number of pyridine rings is 2. The van der Waals surface area contributed by atoms with E-state index in [4.69, 9.17) is 4.74 Å². The number of nitrogens with zero attached hydrogens (tertiary/aromatic N) is 4. The van der Waals surface area contributed by atoms with Gasteiger partial charge in [-0.15, -0.1) is 5.10 Å². The van der Waals surface area contributed by atoms with Crippen LogP contribution in [0.2, 0.25) is 0 Å². The van der Waals surface area contributed by atoms with E-state index in [0.717, 1.165) is 16.8 Å². The molecule has 3 aromatic heterocycles. The second-order valence-corrected chi connectivity index (χ2v) is 4.47. The molecule has 0 spiro atoms. The van der Waals surface area contributed by atoms with E-state index in [1.807, 2.05) is 37.4 Å². The van der Waals surface area contributed by atoms with E-state index >= 15 is 0 Å². The fourth-order valence-corrected chi connectivity index (χ4v) is 1.98. The minimum absolute atomic E-state index is 0.562. The fraction of sp³-hybridized carbons (Fsp3) is 0.214. The summed E-state index contributed by atoms with van der Waals surface area (Å²) in [6.07, 6.45) is 3.65. The van der Waals surface area contributed by atoms with Gasteiger partial charge in [-0.25, -0.2) is 9.50 Å². The molecule has 0 fully saturated rings. The van der Waals surface area contributed by atoms with Crippen molar-refractivity contribution >= 4 is 11.6 Å². The number of ether oxygens (including phenoxy) is 1. The molecule has 0 aliphatic heterocycles. The SMILES string of the molecule is COc1ncccc1CNc1nc2ccc(C)cn2n1. The molecule has 0 radical (unpaired) electrons. The largest absolute Gasteiger partial charge is 0.481 e. The van der Waals surface area contributed by atoms with E-state index in [-0.39, 0.29) is 0 Å². The zero-order chi connectivity index (χ0) is 13.9. The lowest BCUT2D eigenvalue weighted by Gasteiger charge is -2.06. The lowest BCUT2D eigenvalue weighted by atomic mass is 10.3. The van der Waals surface area contributed by atoms with Gasteiger partial charge in [-0.1, -0.05) is 12.1 Å². The molecular formula is C14H15N5O. The number of aromatic nitrogens is 4. The van der Waals surface area contributed by atoms with Gasteiger partial charge in [0.2, 0.25) is 11.8 Å². The second-order valence-electron chi connectivity index (χ2n) is 4.47. The van der Waals surface area contributed by atoms with Crippen molar-refractivity contribution in [3.63, 3.8) is 0 Å². The van der Waals surface area contributed by atoms with Crippen LogP contribution in [0.4, 0.5) is 5.95 Å². The van der Waals surface area contributed by atoms with Crippen LogP contribution in [0.1, 0.15) is 11.1 Å². The van der Waals surface area contributed by atoms with Gasteiger partial charge in [-0.2, -0.15) is 4.98 Å². The third-order valence-electron chi connectivity index (χ3n) is 2.96. The van der Waals surface area contributed by atoms with Gasteiger partial charge in [0.15, 0.2) is 5.65 Å². The summed E-state index contributed by atoms with van der Waals surface area (Å²) < 4.78 is 6.97. The molecule has 0 aromatic carbocycles. The minimum Gasteiger partial charge on any atom is -0.481 e. The molecule has 3 rings (SSSR count). The number of methoxy groups -OCH3 is 1. The summed E-state index contributed by atoms with van der Waals surface area (Å²) in [6, 6.07) is 7.79.